The Bertz CT molecular complexity index is 2750. The Morgan fingerprint density at radius 2 is 1.04 bits per heavy atom. The van der Waals surface area contributed by atoms with E-state index >= 15 is 0 Å². The van der Waals surface area contributed by atoms with Gasteiger partial charge in [-0.2, -0.15) is 5.26 Å². The monoisotopic (exact) mass is 610 g/mol. The first kappa shape index (κ1) is 27.4. The number of hydrogen-bond donors (Lipinski definition) is 0. The van der Waals surface area contributed by atoms with E-state index in [4.69, 9.17) is 6.57 Å². The van der Waals surface area contributed by atoms with Gasteiger partial charge in [-0.05, 0) is 59.0 Å². The number of rotatable bonds is 4. The van der Waals surface area contributed by atoms with E-state index in [-0.39, 0.29) is 0 Å². The van der Waals surface area contributed by atoms with Crippen LogP contribution < -0.4 is 0 Å². The van der Waals surface area contributed by atoms with Gasteiger partial charge in [-0.25, -0.2) is 4.85 Å². The maximum Gasteiger partial charge on any atom is 0.211 e. The van der Waals surface area contributed by atoms with Crippen LogP contribution in [-0.4, -0.2) is 9.13 Å². The van der Waals surface area contributed by atoms with Crippen molar-refractivity contribution in [3.63, 3.8) is 0 Å². The third-order valence-electron chi connectivity index (χ3n) is 9.41. The van der Waals surface area contributed by atoms with Gasteiger partial charge in [-0.1, -0.05) is 115 Å². The Labute approximate surface area is 277 Å². The smallest absolute Gasteiger partial charge is 0.211 e. The van der Waals surface area contributed by atoms with Gasteiger partial charge in [0.2, 0.25) is 5.69 Å². The fourth-order valence-electron chi connectivity index (χ4n) is 7.40. The van der Waals surface area contributed by atoms with Crippen molar-refractivity contribution in [2.45, 2.75) is 0 Å². The van der Waals surface area contributed by atoms with Crippen molar-refractivity contribution in [2.75, 3.05) is 0 Å². The molecular weight excluding hydrogens is 585 g/mol. The molecule has 2 heterocycles. The maximum atomic E-state index is 10.4. The molecular formula is C44H26N4. The van der Waals surface area contributed by atoms with Gasteiger partial charge in [-0.3, -0.25) is 0 Å². The zero-order chi connectivity index (χ0) is 32.2. The highest BCUT2D eigenvalue weighted by molar-refractivity contribution is 6.13. The molecule has 9 aromatic rings. The Hall–Kier alpha value is -6.88. The van der Waals surface area contributed by atoms with E-state index < -0.39 is 0 Å². The van der Waals surface area contributed by atoms with Crippen LogP contribution in [0.5, 0.6) is 0 Å². The number of nitriles is 1. The van der Waals surface area contributed by atoms with Crippen molar-refractivity contribution in [3.8, 4) is 39.7 Å². The van der Waals surface area contributed by atoms with Crippen molar-refractivity contribution in [1.82, 2.24) is 9.13 Å². The molecule has 0 amide bonds. The molecule has 0 fully saturated rings. The van der Waals surface area contributed by atoms with E-state index in [0.717, 1.165) is 66.5 Å². The molecule has 0 aliphatic carbocycles. The summed E-state index contributed by atoms with van der Waals surface area (Å²) in [5, 5.41) is 15.0. The lowest BCUT2D eigenvalue weighted by Gasteiger charge is -2.18. The summed E-state index contributed by atoms with van der Waals surface area (Å²) in [7, 11) is 0. The SMILES string of the molecule is [C-]#[N+]c1cccc2c3ccccc3n(-c3ccc(-c4c(C#N)cccc4-c4ccccc4-n4c5ccccc5c5ccccc54)cc3)c12. The molecule has 0 atom stereocenters. The molecule has 0 spiro atoms. The molecule has 48 heavy (non-hydrogen) atoms. The maximum absolute atomic E-state index is 10.4. The van der Waals surface area contributed by atoms with E-state index in [9.17, 15) is 5.26 Å². The quantitative estimate of drug-likeness (QED) is 0.183. The first-order valence-corrected chi connectivity index (χ1v) is 15.9. The van der Waals surface area contributed by atoms with E-state index in [1.54, 1.807) is 0 Å². The molecule has 0 aliphatic heterocycles. The predicted octanol–water partition coefficient (Wildman–Crippen LogP) is 11.6. The Kier molecular flexibility index (Phi) is 6.22. The van der Waals surface area contributed by atoms with Gasteiger partial charge in [0, 0.05) is 33.0 Å². The summed E-state index contributed by atoms with van der Waals surface area (Å²) >= 11 is 0. The molecule has 9 rings (SSSR count). The topological polar surface area (TPSA) is 38.0 Å². The molecule has 0 saturated heterocycles. The normalized spacial score (nSPS) is 11.3. The lowest BCUT2D eigenvalue weighted by atomic mass is 9.90. The Balaban J connectivity index is 1.25. The molecule has 2 aromatic heterocycles. The molecule has 222 valence electrons. The summed E-state index contributed by atoms with van der Waals surface area (Å²) < 4.78 is 4.51. The standard InChI is InChI=1S/C44H26N4/c1-46-38-19-11-18-37-35-16-5-6-20-39(35)47(44(37)38)31-26-24-29(25-27-31)43-30(28-45)12-10-17-36(43)34-15-4-9-23-42(34)48-40-21-7-2-13-32(40)33-14-3-8-22-41(33)48/h2-27H. The number of para-hydroxylation sites is 5. The van der Waals surface area contributed by atoms with E-state index in [1.807, 2.05) is 36.4 Å². The van der Waals surface area contributed by atoms with Gasteiger partial charge >= 0.3 is 0 Å². The molecule has 0 unspecified atom stereocenters. The Morgan fingerprint density at radius 3 is 1.71 bits per heavy atom. The third kappa shape index (κ3) is 4.01. The van der Waals surface area contributed by atoms with Gasteiger partial charge in [0.15, 0.2) is 0 Å². The van der Waals surface area contributed by atoms with Crippen LogP contribution in [0.3, 0.4) is 0 Å². The summed E-state index contributed by atoms with van der Waals surface area (Å²) in [6, 6.07) is 56.6. The molecule has 0 radical (unpaired) electrons. The van der Waals surface area contributed by atoms with E-state index in [2.05, 4.69) is 141 Å². The zero-order valence-corrected chi connectivity index (χ0v) is 25.8. The fraction of sp³-hybridized carbons (Fsp3) is 0. The second-order valence-electron chi connectivity index (χ2n) is 11.9. The Morgan fingerprint density at radius 1 is 0.500 bits per heavy atom. The highest BCUT2D eigenvalue weighted by Crippen LogP contribution is 2.42. The average Bonchev–Trinajstić information content (AvgIpc) is 3.68. The van der Waals surface area contributed by atoms with Crippen molar-refractivity contribution >= 4 is 49.3 Å². The van der Waals surface area contributed by atoms with Crippen LogP contribution in [0.4, 0.5) is 5.69 Å². The summed E-state index contributed by atoms with van der Waals surface area (Å²) in [6.45, 7) is 7.89. The fourth-order valence-corrected chi connectivity index (χ4v) is 7.40. The summed E-state index contributed by atoms with van der Waals surface area (Å²) in [4.78, 5) is 3.87. The minimum Gasteiger partial charge on any atom is -0.319 e. The van der Waals surface area contributed by atoms with Gasteiger partial charge in [-0.15, -0.1) is 0 Å². The molecule has 7 aromatic carbocycles. The van der Waals surface area contributed by atoms with Crippen LogP contribution in [0, 0.1) is 17.9 Å². The van der Waals surface area contributed by atoms with Crippen LogP contribution in [0.15, 0.2) is 158 Å². The second kappa shape index (κ2) is 10.9. The highest BCUT2D eigenvalue weighted by atomic mass is 15.0. The third-order valence-corrected chi connectivity index (χ3v) is 9.41. The van der Waals surface area contributed by atoms with E-state index in [1.165, 1.54) is 10.8 Å². The van der Waals surface area contributed by atoms with Crippen LogP contribution in [-0.2, 0) is 0 Å². The summed E-state index contributed by atoms with van der Waals surface area (Å²) in [5.41, 5.74) is 11.4. The summed E-state index contributed by atoms with van der Waals surface area (Å²) in [6.07, 6.45) is 0. The molecule has 4 nitrogen and oxygen atoms in total. The summed E-state index contributed by atoms with van der Waals surface area (Å²) in [5.74, 6) is 0. The van der Waals surface area contributed by atoms with Crippen LogP contribution in [0.25, 0.3) is 82.1 Å². The predicted molar refractivity (Wildman–Crippen MR) is 197 cm³/mol. The van der Waals surface area contributed by atoms with Crippen molar-refractivity contribution in [1.29, 1.82) is 5.26 Å². The zero-order valence-electron chi connectivity index (χ0n) is 25.8. The molecule has 0 N–H and O–H groups in total. The number of nitrogens with zero attached hydrogens (tertiary/aromatic N) is 4. The van der Waals surface area contributed by atoms with Crippen LogP contribution in [0.2, 0.25) is 0 Å². The number of benzene rings is 7. The van der Waals surface area contributed by atoms with Gasteiger partial charge in [0.1, 0.15) is 0 Å². The average molecular weight is 611 g/mol. The molecule has 0 aliphatic rings. The molecule has 0 bridgehead atoms. The lowest BCUT2D eigenvalue weighted by molar-refractivity contribution is 1.18. The van der Waals surface area contributed by atoms with E-state index in [0.29, 0.717) is 11.3 Å². The minimum absolute atomic E-state index is 0.615. The number of hydrogen-bond acceptors (Lipinski definition) is 1. The number of aromatic nitrogens is 2. The first-order chi connectivity index (χ1) is 23.8. The first-order valence-electron chi connectivity index (χ1n) is 15.9. The van der Waals surface area contributed by atoms with Crippen molar-refractivity contribution < 1.29 is 0 Å². The lowest BCUT2D eigenvalue weighted by Crippen LogP contribution is -1.99. The highest BCUT2D eigenvalue weighted by Gasteiger charge is 2.20. The van der Waals surface area contributed by atoms with Gasteiger partial charge in [0.05, 0.1) is 46.0 Å². The minimum atomic E-state index is 0.615. The largest absolute Gasteiger partial charge is 0.319 e. The second-order valence-corrected chi connectivity index (χ2v) is 11.9. The van der Waals surface area contributed by atoms with Crippen molar-refractivity contribution in [2.24, 2.45) is 0 Å². The number of fused-ring (bicyclic) bond motifs is 6. The van der Waals surface area contributed by atoms with Crippen molar-refractivity contribution in [3.05, 3.63) is 175 Å². The van der Waals surface area contributed by atoms with Crippen LogP contribution in [0.1, 0.15) is 5.56 Å². The van der Waals surface area contributed by atoms with Gasteiger partial charge < -0.3 is 9.13 Å². The van der Waals surface area contributed by atoms with Gasteiger partial charge in [0.25, 0.3) is 0 Å². The molecule has 0 saturated carbocycles. The van der Waals surface area contributed by atoms with Crippen LogP contribution >= 0.6 is 0 Å². The molecule has 4 heteroatoms.